The van der Waals surface area contributed by atoms with Crippen LogP contribution in [0.5, 0.6) is 0 Å². The first kappa shape index (κ1) is 28.9. The molecule has 0 saturated carbocycles. The summed E-state index contributed by atoms with van der Waals surface area (Å²) in [5.74, 6) is 4.83. The third-order valence-corrected chi connectivity index (χ3v) is 4.04. The van der Waals surface area contributed by atoms with Gasteiger partial charge in [0.1, 0.15) is 5.60 Å². The Labute approximate surface area is 205 Å². The van der Waals surface area contributed by atoms with Gasteiger partial charge in [-0.3, -0.25) is 4.79 Å². The van der Waals surface area contributed by atoms with Crippen LogP contribution in [0.2, 0.25) is 0 Å². The maximum absolute atomic E-state index is 12.1. The zero-order valence-corrected chi connectivity index (χ0v) is 20.3. The number of hydrogen-bond acceptors (Lipinski definition) is 7. The van der Waals surface area contributed by atoms with Crippen LogP contribution in [-0.2, 0) is 18.9 Å². The van der Waals surface area contributed by atoms with Crippen LogP contribution in [0.3, 0.4) is 0 Å². The molecule has 1 aromatic rings. The van der Waals surface area contributed by atoms with Crippen molar-refractivity contribution in [1.29, 1.82) is 5.26 Å². The first-order chi connectivity index (χ1) is 16.3. The Bertz CT molecular complexity index is 843. The molecule has 0 atom stereocenters. The van der Waals surface area contributed by atoms with Crippen molar-refractivity contribution < 1.29 is 31.4 Å². The number of amides is 2. The fourth-order valence-corrected chi connectivity index (χ4v) is 2.50. The Morgan fingerprint density at radius 3 is 1.94 bits per heavy atom. The van der Waals surface area contributed by atoms with E-state index >= 15 is 0 Å². The molecule has 9 nitrogen and oxygen atoms in total. The second kappa shape index (κ2) is 17.4. The minimum atomic E-state index is -0.498. The lowest BCUT2D eigenvalue weighted by atomic mass is 10.1. The van der Waals surface area contributed by atoms with E-state index in [2.05, 4.69) is 22.5 Å². The number of rotatable bonds is 15. The maximum atomic E-state index is 12.1. The molecule has 0 unspecified atom stereocenters. The molecule has 34 heavy (non-hydrogen) atoms. The van der Waals surface area contributed by atoms with E-state index in [-0.39, 0.29) is 8.76 Å². The molecule has 190 valence electrons. The summed E-state index contributed by atoms with van der Waals surface area (Å²) in [6.07, 6.45) is 0.965. The van der Waals surface area contributed by atoms with Gasteiger partial charge in [0.15, 0.2) is 6.07 Å². The lowest BCUT2D eigenvalue weighted by Crippen LogP contribution is -2.33. The Morgan fingerprint density at radius 2 is 1.41 bits per heavy atom. The van der Waals surface area contributed by atoms with E-state index in [1.54, 1.807) is 30.3 Å². The van der Waals surface area contributed by atoms with Crippen LogP contribution in [0.15, 0.2) is 24.3 Å². The van der Waals surface area contributed by atoms with Crippen LogP contribution in [-0.4, -0.2) is 70.3 Å². The molecule has 9 heteroatoms. The molecule has 0 aliphatic rings. The highest BCUT2D eigenvalue weighted by Gasteiger charge is 2.15. The molecule has 0 aromatic heterocycles. The highest BCUT2D eigenvalue weighted by atomic mass is 16.6. The van der Waals surface area contributed by atoms with E-state index in [1.807, 2.05) is 20.8 Å². The quantitative estimate of drug-likeness (QED) is 0.294. The summed E-state index contributed by atoms with van der Waals surface area (Å²) in [5, 5.41) is 13.9. The lowest BCUT2D eigenvalue weighted by molar-refractivity contribution is 0.0136. The normalized spacial score (nSPS) is 10.5. The largest absolute Gasteiger partial charge is 0.444 e. The molecule has 0 aliphatic heterocycles. The minimum absolute atomic E-state index is 0. The highest BCUT2D eigenvalue weighted by molar-refractivity contribution is 5.94. The summed E-state index contributed by atoms with van der Waals surface area (Å²) in [6.45, 7) is 9.40. The predicted octanol–water partition coefficient (Wildman–Crippen LogP) is 3.14. The van der Waals surface area contributed by atoms with Gasteiger partial charge in [-0.05, 0) is 57.9 Å². The van der Waals surface area contributed by atoms with Crippen molar-refractivity contribution in [3.05, 3.63) is 35.4 Å². The standard InChI is InChI=1S/C25H35N3O6.2H2/c1-25(2,3)34-24(30)28-14-6-16-32-18-20-33-19-17-31-15-5-13-27-23(29)22-10-8-21(9-11-22)7-4-12-26;;/h8-11H,5-6,13-20H2,1-3H3,(H,27,29)(H,28,30);2*1H. The molecule has 0 heterocycles. The van der Waals surface area contributed by atoms with Gasteiger partial charge in [0.05, 0.1) is 26.4 Å². The summed E-state index contributed by atoms with van der Waals surface area (Å²) in [7, 11) is 0. The summed E-state index contributed by atoms with van der Waals surface area (Å²) in [5.41, 5.74) is 0.730. The Hall–Kier alpha value is -3.11. The number of alkyl carbamates (subject to hydrolysis) is 1. The van der Waals surface area contributed by atoms with Gasteiger partial charge in [-0.25, -0.2) is 4.79 Å². The molecule has 2 amide bonds. The van der Waals surface area contributed by atoms with Gasteiger partial charge in [0, 0.05) is 46.2 Å². The number of carbonyl (C=O) groups excluding carboxylic acids is 2. The number of carbonyl (C=O) groups is 2. The summed E-state index contributed by atoms with van der Waals surface area (Å²) < 4.78 is 21.5. The molecule has 0 radical (unpaired) electrons. The van der Waals surface area contributed by atoms with Crippen molar-refractivity contribution in [3.8, 4) is 17.9 Å². The summed E-state index contributed by atoms with van der Waals surface area (Å²) in [4.78, 5) is 23.5. The van der Waals surface area contributed by atoms with Gasteiger partial charge in [0.25, 0.3) is 5.91 Å². The maximum Gasteiger partial charge on any atom is 0.407 e. The Kier molecular flexibility index (Phi) is 14.8. The van der Waals surface area contributed by atoms with Crippen LogP contribution in [0.1, 0.15) is 52.4 Å². The monoisotopic (exact) mass is 477 g/mol. The van der Waals surface area contributed by atoms with Gasteiger partial charge < -0.3 is 29.6 Å². The van der Waals surface area contributed by atoms with Crippen molar-refractivity contribution in [3.63, 3.8) is 0 Å². The van der Waals surface area contributed by atoms with Gasteiger partial charge >= 0.3 is 6.09 Å². The summed E-state index contributed by atoms with van der Waals surface area (Å²) >= 11 is 0. The average molecular weight is 478 g/mol. The SMILES string of the molecule is CC(C)(C)OC(=O)NCCCOCCOCCOCCCNC(=O)c1ccc(C#CC#N)cc1.[HH].[HH]. The molecule has 0 fully saturated rings. The number of benzene rings is 1. The lowest BCUT2D eigenvalue weighted by Gasteiger charge is -2.19. The van der Waals surface area contributed by atoms with E-state index in [0.717, 1.165) is 0 Å². The van der Waals surface area contributed by atoms with Gasteiger partial charge in [-0.2, -0.15) is 5.26 Å². The molecule has 1 rings (SSSR count). The predicted molar refractivity (Wildman–Crippen MR) is 131 cm³/mol. The first-order valence-electron chi connectivity index (χ1n) is 11.3. The Balaban J connectivity index is 0. The zero-order valence-electron chi connectivity index (χ0n) is 20.3. The van der Waals surface area contributed by atoms with Crippen molar-refractivity contribution in [2.45, 2.75) is 39.2 Å². The smallest absolute Gasteiger partial charge is 0.407 e. The van der Waals surface area contributed by atoms with Crippen molar-refractivity contribution in [2.75, 3.05) is 52.7 Å². The molecule has 1 aromatic carbocycles. The molecular formula is C25H39N3O6. The number of ether oxygens (including phenoxy) is 4. The minimum Gasteiger partial charge on any atom is -0.444 e. The van der Waals surface area contributed by atoms with Gasteiger partial charge in [-0.15, -0.1) is 0 Å². The van der Waals surface area contributed by atoms with Crippen LogP contribution in [0.4, 0.5) is 4.79 Å². The van der Waals surface area contributed by atoms with Crippen molar-refractivity contribution in [1.82, 2.24) is 10.6 Å². The second-order valence-corrected chi connectivity index (χ2v) is 8.17. The average Bonchev–Trinajstić information content (AvgIpc) is 2.79. The van der Waals surface area contributed by atoms with Crippen LogP contribution in [0.25, 0.3) is 0 Å². The number of nitrogens with one attached hydrogen (secondary N) is 2. The molecule has 2 N–H and O–H groups in total. The number of nitrogens with zero attached hydrogens (tertiary/aromatic N) is 1. The zero-order chi connectivity index (χ0) is 25.1. The highest BCUT2D eigenvalue weighted by Crippen LogP contribution is 2.06. The molecule has 0 aliphatic carbocycles. The van der Waals surface area contributed by atoms with E-state index in [4.69, 9.17) is 24.2 Å². The fourth-order valence-electron chi connectivity index (χ4n) is 2.50. The second-order valence-electron chi connectivity index (χ2n) is 8.17. The summed E-state index contributed by atoms with van der Waals surface area (Å²) in [6, 6.07) is 8.51. The topological polar surface area (TPSA) is 119 Å². The van der Waals surface area contributed by atoms with Gasteiger partial charge in [0.2, 0.25) is 0 Å². The van der Waals surface area contributed by atoms with Crippen LogP contribution in [0, 0.1) is 23.2 Å². The van der Waals surface area contributed by atoms with Crippen LogP contribution < -0.4 is 10.6 Å². The molecular weight excluding hydrogens is 438 g/mol. The fraction of sp³-hybridized carbons (Fsp3) is 0.560. The van der Waals surface area contributed by atoms with Crippen molar-refractivity contribution >= 4 is 12.0 Å². The van der Waals surface area contributed by atoms with E-state index in [1.165, 1.54) is 0 Å². The Morgan fingerprint density at radius 1 is 0.882 bits per heavy atom. The van der Waals surface area contributed by atoms with E-state index in [0.29, 0.717) is 76.7 Å². The number of hydrogen-bond donors (Lipinski definition) is 2. The van der Waals surface area contributed by atoms with Crippen LogP contribution >= 0.6 is 0 Å². The molecule has 0 bridgehead atoms. The molecule has 0 spiro atoms. The third kappa shape index (κ3) is 15.7. The first-order valence-corrected chi connectivity index (χ1v) is 11.3. The van der Waals surface area contributed by atoms with E-state index < -0.39 is 11.7 Å². The van der Waals surface area contributed by atoms with Crippen molar-refractivity contribution in [2.24, 2.45) is 0 Å². The van der Waals surface area contributed by atoms with E-state index in [9.17, 15) is 9.59 Å². The van der Waals surface area contributed by atoms with Gasteiger partial charge in [-0.1, -0.05) is 5.92 Å². The molecule has 0 saturated heterocycles. The number of nitriles is 1. The third-order valence-electron chi connectivity index (χ3n) is 4.04.